The van der Waals surface area contributed by atoms with Gasteiger partial charge in [-0.25, -0.2) is 0 Å². The molecule has 0 spiro atoms. The van der Waals surface area contributed by atoms with Gasteiger partial charge in [0.15, 0.2) is 0 Å². The average molecular weight is 373 g/mol. The van der Waals surface area contributed by atoms with Crippen LogP contribution in [0.3, 0.4) is 0 Å². The van der Waals surface area contributed by atoms with Crippen molar-refractivity contribution in [2.75, 3.05) is 47.8 Å². The normalized spacial score (nSPS) is 17.5. The Labute approximate surface area is 162 Å². The number of nitrogens with one attached hydrogen (secondary N) is 2. The maximum atomic E-state index is 12.4. The summed E-state index contributed by atoms with van der Waals surface area (Å²) in [6.45, 7) is 6.08. The summed E-state index contributed by atoms with van der Waals surface area (Å²) in [5, 5.41) is 5.79. The van der Waals surface area contributed by atoms with E-state index in [9.17, 15) is 9.59 Å². The van der Waals surface area contributed by atoms with Crippen LogP contribution in [0.25, 0.3) is 0 Å². The van der Waals surface area contributed by atoms with Crippen LogP contribution in [0.2, 0.25) is 0 Å². The fourth-order valence-electron chi connectivity index (χ4n) is 3.95. The van der Waals surface area contributed by atoms with Gasteiger partial charge in [0.1, 0.15) is 0 Å². The zero-order valence-electron chi connectivity index (χ0n) is 16.4. The molecule has 2 aliphatic rings. The standard InChI is InChI=1S/C21H32N4O2/c1-17(26)22-11-10-21(27)23-19-16-18(24-12-4-2-5-13-24)8-9-20(19)25-14-6-3-7-15-25/h8-9,16H,2-7,10-15H2,1H3,(H,22,26)(H,23,27). The summed E-state index contributed by atoms with van der Waals surface area (Å²) in [6.07, 6.45) is 7.72. The zero-order chi connectivity index (χ0) is 19.1. The van der Waals surface area contributed by atoms with E-state index in [4.69, 9.17) is 0 Å². The molecule has 0 aliphatic carbocycles. The first kappa shape index (κ1) is 19.5. The van der Waals surface area contributed by atoms with E-state index in [1.807, 2.05) is 0 Å². The second-order valence-electron chi connectivity index (χ2n) is 7.58. The molecule has 0 aromatic heterocycles. The topological polar surface area (TPSA) is 64.7 Å². The maximum absolute atomic E-state index is 12.4. The Balaban J connectivity index is 1.75. The van der Waals surface area contributed by atoms with Crippen molar-refractivity contribution in [3.8, 4) is 0 Å². The van der Waals surface area contributed by atoms with Crippen LogP contribution in [0, 0.1) is 0 Å². The van der Waals surface area contributed by atoms with E-state index in [1.165, 1.54) is 51.1 Å². The number of rotatable bonds is 6. The van der Waals surface area contributed by atoms with Crippen LogP contribution in [-0.4, -0.2) is 44.5 Å². The quantitative estimate of drug-likeness (QED) is 0.805. The number of nitrogens with zero attached hydrogens (tertiary/aromatic N) is 2. The molecule has 2 saturated heterocycles. The summed E-state index contributed by atoms with van der Waals surface area (Å²) in [7, 11) is 0. The predicted octanol–water partition coefficient (Wildman–Crippen LogP) is 3.13. The molecule has 6 nitrogen and oxygen atoms in total. The minimum absolute atomic E-state index is 0.0576. The van der Waals surface area contributed by atoms with E-state index in [1.54, 1.807) is 0 Å². The predicted molar refractivity (Wildman–Crippen MR) is 111 cm³/mol. The Kier molecular flexibility index (Phi) is 6.96. The summed E-state index contributed by atoms with van der Waals surface area (Å²) in [5.41, 5.74) is 3.20. The molecule has 0 atom stereocenters. The van der Waals surface area contributed by atoms with E-state index in [-0.39, 0.29) is 18.2 Å². The van der Waals surface area contributed by atoms with Crippen molar-refractivity contribution in [1.29, 1.82) is 0 Å². The molecule has 2 amide bonds. The number of piperidine rings is 2. The Bertz CT molecular complexity index is 650. The van der Waals surface area contributed by atoms with Gasteiger partial charge in [0.05, 0.1) is 11.4 Å². The smallest absolute Gasteiger partial charge is 0.226 e. The van der Waals surface area contributed by atoms with Crippen molar-refractivity contribution in [3.05, 3.63) is 18.2 Å². The molecule has 0 saturated carbocycles. The largest absolute Gasteiger partial charge is 0.371 e. The van der Waals surface area contributed by atoms with Crippen LogP contribution < -0.4 is 20.4 Å². The van der Waals surface area contributed by atoms with Crippen LogP contribution >= 0.6 is 0 Å². The molecule has 0 unspecified atom stereocenters. The third kappa shape index (κ3) is 5.62. The van der Waals surface area contributed by atoms with Gasteiger partial charge in [0.25, 0.3) is 0 Å². The van der Waals surface area contributed by atoms with E-state index in [2.05, 4.69) is 38.6 Å². The van der Waals surface area contributed by atoms with Gasteiger partial charge in [-0.05, 0) is 56.7 Å². The molecule has 1 aromatic carbocycles. The average Bonchev–Trinajstić information content (AvgIpc) is 2.69. The van der Waals surface area contributed by atoms with Crippen molar-refractivity contribution in [1.82, 2.24) is 5.32 Å². The first-order chi connectivity index (χ1) is 13.1. The number of amides is 2. The van der Waals surface area contributed by atoms with Crippen LogP contribution in [-0.2, 0) is 9.59 Å². The molecule has 0 radical (unpaired) electrons. The Morgan fingerprint density at radius 2 is 1.56 bits per heavy atom. The summed E-state index contributed by atoms with van der Waals surface area (Å²) >= 11 is 0. The van der Waals surface area contributed by atoms with Crippen molar-refractivity contribution in [3.63, 3.8) is 0 Å². The zero-order valence-corrected chi connectivity index (χ0v) is 16.4. The number of benzene rings is 1. The monoisotopic (exact) mass is 372 g/mol. The van der Waals surface area contributed by atoms with Crippen LogP contribution in [0.15, 0.2) is 18.2 Å². The SMILES string of the molecule is CC(=O)NCCC(=O)Nc1cc(N2CCCCC2)ccc1N1CCCCC1. The Morgan fingerprint density at radius 1 is 0.926 bits per heavy atom. The number of anilines is 3. The fourth-order valence-corrected chi connectivity index (χ4v) is 3.95. The van der Waals surface area contributed by atoms with Crippen LogP contribution in [0.5, 0.6) is 0 Å². The molecular weight excluding hydrogens is 340 g/mol. The van der Waals surface area contributed by atoms with Gasteiger partial charge in [0.2, 0.25) is 11.8 Å². The number of hydrogen-bond donors (Lipinski definition) is 2. The number of hydrogen-bond acceptors (Lipinski definition) is 4. The lowest BCUT2D eigenvalue weighted by atomic mass is 10.1. The van der Waals surface area contributed by atoms with Crippen molar-refractivity contribution < 1.29 is 9.59 Å². The molecule has 3 rings (SSSR count). The second kappa shape index (κ2) is 9.62. The number of carbonyl (C=O) groups excluding carboxylic acids is 2. The van der Waals surface area contributed by atoms with Crippen LogP contribution in [0.1, 0.15) is 51.9 Å². The summed E-state index contributed by atoms with van der Waals surface area (Å²) in [5.74, 6) is -0.165. The van der Waals surface area contributed by atoms with E-state index < -0.39 is 0 Å². The minimum Gasteiger partial charge on any atom is -0.371 e. The van der Waals surface area contributed by atoms with Gasteiger partial charge in [0, 0.05) is 51.8 Å². The van der Waals surface area contributed by atoms with Gasteiger partial charge in [-0.15, -0.1) is 0 Å². The Hall–Kier alpha value is -2.24. The maximum Gasteiger partial charge on any atom is 0.226 e. The lowest BCUT2D eigenvalue weighted by Gasteiger charge is -2.33. The van der Waals surface area contributed by atoms with Gasteiger partial charge < -0.3 is 20.4 Å². The first-order valence-electron chi connectivity index (χ1n) is 10.3. The molecule has 2 aliphatic heterocycles. The first-order valence-corrected chi connectivity index (χ1v) is 10.3. The molecule has 2 fully saturated rings. The highest BCUT2D eigenvalue weighted by atomic mass is 16.2. The molecule has 1 aromatic rings. The highest BCUT2D eigenvalue weighted by molar-refractivity contribution is 5.95. The molecular formula is C21H32N4O2. The van der Waals surface area contributed by atoms with E-state index in [0.717, 1.165) is 37.6 Å². The molecule has 27 heavy (non-hydrogen) atoms. The van der Waals surface area contributed by atoms with E-state index >= 15 is 0 Å². The van der Waals surface area contributed by atoms with Gasteiger partial charge in [-0.3, -0.25) is 9.59 Å². The highest BCUT2D eigenvalue weighted by Gasteiger charge is 2.19. The van der Waals surface area contributed by atoms with Crippen molar-refractivity contribution in [2.24, 2.45) is 0 Å². The van der Waals surface area contributed by atoms with Gasteiger partial charge in [-0.1, -0.05) is 0 Å². The number of carbonyl (C=O) groups is 2. The fraction of sp³-hybridized carbons (Fsp3) is 0.619. The van der Waals surface area contributed by atoms with Crippen molar-refractivity contribution in [2.45, 2.75) is 51.9 Å². The third-order valence-electron chi connectivity index (χ3n) is 5.40. The minimum atomic E-state index is -0.107. The van der Waals surface area contributed by atoms with Crippen LogP contribution in [0.4, 0.5) is 17.1 Å². The molecule has 2 N–H and O–H groups in total. The molecule has 2 heterocycles. The molecule has 6 heteroatoms. The second-order valence-corrected chi connectivity index (χ2v) is 7.58. The molecule has 0 bridgehead atoms. The lowest BCUT2D eigenvalue weighted by molar-refractivity contribution is -0.119. The van der Waals surface area contributed by atoms with Gasteiger partial charge in [-0.2, -0.15) is 0 Å². The molecule has 148 valence electrons. The third-order valence-corrected chi connectivity index (χ3v) is 5.40. The Morgan fingerprint density at radius 3 is 2.19 bits per heavy atom. The summed E-state index contributed by atoms with van der Waals surface area (Å²) in [4.78, 5) is 28.2. The van der Waals surface area contributed by atoms with Gasteiger partial charge >= 0.3 is 0 Å². The lowest BCUT2D eigenvalue weighted by Crippen LogP contribution is -2.32. The van der Waals surface area contributed by atoms with Crippen molar-refractivity contribution >= 4 is 28.9 Å². The summed E-state index contributed by atoms with van der Waals surface area (Å²) < 4.78 is 0. The summed E-state index contributed by atoms with van der Waals surface area (Å²) in [6, 6.07) is 6.49. The van der Waals surface area contributed by atoms with E-state index in [0.29, 0.717) is 6.54 Å². The highest BCUT2D eigenvalue weighted by Crippen LogP contribution is 2.33.